The maximum atomic E-state index is 13.2. The van der Waals surface area contributed by atoms with Gasteiger partial charge in [0, 0.05) is 56.1 Å². The first-order valence-electron chi connectivity index (χ1n) is 12.0. The summed E-state index contributed by atoms with van der Waals surface area (Å²) in [5, 5.41) is 5.10. The summed E-state index contributed by atoms with van der Waals surface area (Å²) in [4.78, 5) is 20.8. The Hall–Kier alpha value is -2.75. The molecule has 8 nitrogen and oxygen atoms in total. The van der Waals surface area contributed by atoms with Gasteiger partial charge in [-0.1, -0.05) is 0 Å². The van der Waals surface area contributed by atoms with Crippen molar-refractivity contribution in [3.63, 3.8) is 0 Å². The molecule has 0 atom stereocenters. The number of methoxy groups -OCH3 is 1. The third-order valence-electron chi connectivity index (χ3n) is 7.12. The number of carbonyl (C=O) groups excluding carboxylic acids is 1. The van der Waals surface area contributed by atoms with Crippen molar-refractivity contribution < 1.29 is 23.0 Å². The standard InChI is InChI=1S/C24H31F2N5O3/c1-15-16(13-22(25)26)12-21-19(27-15)4-3-8-30(21)23-18-14-29(24(32)33-2)9-5-20(18)31(28-23)17-6-10-34-11-7-17/h12,17,22H,3-11,13-14H2,1-2H3. The monoisotopic (exact) mass is 475 g/mol. The van der Waals surface area contributed by atoms with E-state index in [2.05, 4.69) is 9.58 Å². The van der Waals surface area contributed by atoms with E-state index in [4.69, 9.17) is 19.6 Å². The molecule has 34 heavy (non-hydrogen) atoms. The SMILES string of the molecule is COC(=O)N1CCc2c(c(N3CCCc4nc(C)c(CC(F)F)cc43)nn2C2CCOCC2)C1. The number of hydrogen-bond donors (Lipinski definition) is 0. The van der Waals surface area contributed by atoms with Crippen LogP contribution < -0.4 is 4.90 Å². The molecule has 0 bridgehead atoms. The molecule has 2 aromatic heterocycles. The number of aromatic nitrogens is 3. The van der Waals surface area contributed by atoms with E-state index in [9.17, 15) is 13.6 Å². The number of nitrogens with zero attached hydrogens (tertiary/aromatic N) is 5. The normalized spacial score (nSPS) is 18.7. The van der Waals surface area contributed by atoms with E-state index in [1.165, 1.54) is 7.11 Å². The zero-order valence-electron chi connectivity index (χ0n) is 19.7. The maximum absolute atomic E-state index is 13.2. The quantitative estimate of drug-likeness (QED) is 0.667. The first kappa shape index (κ1) is 23.0. The van der Waals surface area contributed by atoms with Crippen molar-refractivity contribution >= 4 is 17.6 Å². The Kier molecular flexibility index (Phi) is 6.42. The number of rotatable bonds is 4. The van der Waals surface area contributed by atoms with Crippen LogP contribution in [0.1, 0.15) is 53.5 Å². The van der Waals surface area contributed by atoms with E-state index >= 15 is 0 Å². The molecule has 1 amide bonds. The summed E-state index contributed by atoms with van der Waals surface area (Å²) in [6, 6.07) is 2.11. The molecule has 3 aliphatic rings. The van der Waals surface area contributed by atoms with Crippen molar-refractivity contribution in [3.05, 3.63) is 34.3 Å². The van der Waals surface area contributed by atoms with Crippen molar-refractivity contribution in [2.45, 2.75) is 64.5 Å². The van der Waals surface area contributed by atoms with Crippen LogP contribution in [-0.2, 0) is 35.3 Å². The van der Waals surface area contributed by atoms with Gasteiger partial charge in [-0.2, -0.15) is 5.10 Å². The Morgan fingerprint density at radius 3 is 2.79 bits per heavy atom. The lowest BCUT2D eigenvalue weighted by Crippen LogP contribution is -2.37. The number of ether oxygens (including phenoxy) is 2. The summed E-state index contributed by atoms with van der Waals surface area (Å²) >= 11 is 0. The fraction of sp³-hybridized carbons (Fsp3) is 0.625. The Morgan fingerprint density at radius 1 is 1.26 bits per heavy atom. The third kappa shape index (κ3) is 4.23. The summed E-state index contributed by atoms with van der Waals surface area (Å²) in [6.07, 6.45) is 1.08. The van der Waals surface area contributed by atoms with Crippen molar-refractivity contribution in [1.82, 2.24) is 19.7 Å². The first-order valence-corrected chi connectivity index (χ1v) is 12.0. The minimum Gasteiger partial charge on any atom is -0.453 e. The molecule has 1 fully saturated rings. The summed E-state index contributed by atoms with van der Waals surface area (Å²) in [5.74, 6) is 0.796. The molecule has 2 aromatic rings. The number of amides is 1. The van der Waals surface area contributed by atoms with Crippen LogP contribution in [-0.4, -0.2) is 65.6 Å². The van der Waals surface area contributed by atoms with E-state index in [0.717, 1.165) is 60.7 Å². The molecule has 5 heterocycles. The zero-order valence-corrected chi connectivity index (χ0v) is 19.7. The van der Waals surface area contributed by atoms with Gasteiger partial charge in [0.05, 0.1) is 31.1 Å². The second-order valence-corrected chi connectivity index (χ2v) is 9.23. The molecule has 184 valence electrons. The third-order valence-corrected chi connectivity index (χ3v) is 7.12. The van der Waals surface area contributed by atoms with E-state index in [1.807, 2.05) is 6.07 Å². The van der Waals surface area contributed by atoms with Crippen LogP contribution in [0.4, 0.5) is 25.1 Å². The van der Waals surface area contributed by atoms with Crippen LogP contribution in [0.2, 0.25) is 0 Å². The molecule has 0 N–H and O–H groups in total. The summed E-state index contributed by atoms with van der Waals surface area (Å²) in [6.45, 7) is 4.92. The van der Waals surface area contributed by atoms with Crippen molar-refractivity contribution in [1.29, 1.82) is 0 Å². The number of anilines is 2. The molecule has 0 aromatic carbocycles. The molecular formula is C24H31F2N5O3. The number of pyridine rings is 1. The highest BCUT2D eigenvalue weighted by atomic mass is 19.3. The number of halogens is 2. The first-order chi connectivity index (χ1) is 16.5. The predicted molar refractivity (Wildman–Crippen MR) is 122 cm³/mol. The van der Waals surface area contributed by atoms with Gasteiger partial charge in [-0.3, -0.25) is 9.67 Å². The van der Waals surface area contributed by atoms with Gasteiger partial charge in [0.15, 0.2) is 5.82 Å². The molecule has 0 radical (unpaired) electrons. The molecule has 3 aliphatic heterocycles. The molecule has 10 heteroatoms. The van der Waals surface area contributed by atoms with Gasteiger partial charge in [-0.25, -0.2) is 13.6 Å². The Morgan fingerprint density at radius 2 is 2.06 bits per heavy atom. The Labute approximate surface area is 197 Å². The van der Waals surface area contributed by atoms with E-state index < -0.39 is 6.43 Å². The summed E-state index contributed by atoms with van der Waals surface area (Å²) in [7, 11) is 1.39. The molecule has 0 unspecified atom stereocenters. The maximum Gasteiger partial charge on any atom is 0.409 e. The second-order valence-electron chi connectivity index (χ2n) is 9.23. The van der Waals surface area contributed by atoms with Gasteiger partial charge < -0.3 is 19.3 Å². The predicted octanol–water partition coefficient (Wildman–Crippen LogP) is 3.95. The average molecular weight is 476 g/mol. The number of hydrogen-bond acceptors (Lipinski definition) is 6. The van der Waals surface area contributed by atoms with Crippen LogP contribution in [0, 0.1) is 6.92 Å². The van der Waals surface area contributed by atoms with E-state index in [-0.39, 0.29) is 18.6 Å². The fourth-order valence-corrected chi connectivity index (χ4v) is 5.38. The van der Waals surface area contributed by atoms with Crippen LogP contribution in [0.3, 0.4) is 0 Å². The van der Waals surface area contributed by atoms with E-state index in [0.29, 0.717) is 44.0 Å². The smallest absolute Gasteiger partial charge is 0.409 e. The summed E-state index contributed by atoms with van der Waals surface area (Å²) < 4.78 is 39.1. The van der Waals surface area contributed by atoms with Gasteiger partial charge in [-0.05, 0) is 44.2 Å². The molecule has 0 aliphatic carbocycles. The minimum atomic E-state index is -2.43. The van der Waals surface area contributed by atoms with Crippen molar-refractivity contribution in [2.75, 3.05) is 38.3 Å². The molecule has 0 saturated carbocycles. The Bertz CT molecular complexity index is 1070. The molecule has 5 rings (SSSR count). The van der Waals surface area contributed by atoms with Gasteiger partial charge in [-0.15, -0.1) is 0 Å². The zero-order chi connectivity index (χ0) is 23.8. The highest BCUT2D eigenvalue weighted by Crippen LogP contribution is 2.40. The molecule has 0 spiro atoms. The van der Waals surface area contributed by atoms with Crippen molar-refractivity contribution in [2.24, 2.45) is 0 Å². The topological polar surface area (TPSA) is 72.7 Å². The van der Waals surface area contributed by atoms with Crippen LogP contribution >= 0.6 is 0 Å². The second kappa shape index (κ2) is 9.48. The number of carbonyl (C=O) groups is 1. The Balaban J connectivity index is 1.59. The van der Waals surface area contributed by atoms with Crippen molar-refractivity contribution in [3.8, 4) is 0 Å². The van der Waals surface area contributed by atoms with Gasteiger partial charge in [0.25, 0.3) is 0 Å². The number of alkyl halides is 2. The largest absolute Gasteiger partial charge is 0.453 e. The minimum absolute atomic E-state index is 0.246. The van der Waals surface area contributed by atoms with Crippen LogP contribution in [0.15, 0.2) is 6.07 Å². The summed E-state index contributed by atoms with van der Waals surface area (Å²) in [5.41, 5.74) is 5.13. The highest BCUT2D eigenvalue weighted by molar-refractivity contribution is 5.71. The lowest BCUT2D eigenvalue weighted by atomic mass is 10.0. The molecule has 1 saturated heterocycles. The van der Waals surface area contributed by atoms with Gasteiger partial charge in [0.2, 0.25) is 6.43 Å². The van der Waals surface area contributed by atoms with E-state index in [1.54, 1.807) is 11.8 Å². The van der Waals surface area contributed by atoms with Crippen LogP contribution in [0.25, 0.3) is 0 Å². The van der Waals surface area contributed by atoms with Gasteiger partial charge in [0.1, 0.15) is 0 Å². The van der Waals surface area contributed by atoms with Crippen LogP contribution in [0.5, 0.6) is 0 Å². The average Bonchev–Trinajstić information content (AvgIpc) is 3.22. The fourth-order valence-electron chi connectivity index (χ4n) is 5.38. The number of aryl methyl sites for hydroxylation is 2. The number of fused-ring (bicyclic) bond motifs is 2. The highest BCUT2D eigenvalue weighted by Gasteiger charge is 2.34. The lowest BCUT2D eigenvalue weighted by molar-refractivity contribution is 0.0649. The molecular weight excluding hydrogens is 444 g/mol. The lowest BCUT2D eigenvalue weighted by Gasteiger charge is -2.32. The van der Waals surface area contributed by atoms with Gasteiger partial charge >= 0.3 is 6.09 Å².